The number of aldehydes is 1. The number of fused-ring (bicyclic) bond motifs is 1. The van der Waals surface area contributed by atoms with Crippen molar-refractivity contribution in [1.82, 2.24) is 4.57 Å². The van der Waals surface area contributed by atoms with Crippen molar-refractivity contribution in [2.45, 2.75) is 38.2 Å². The van der Waals surface area contributed by atoms with Gasteiger partial charge in [-0.2, -0.15) is 0 Å². The second-order valence-corrected chi connectivity index (χ2v) is 7.80. The van der Waals surface area contributed by atoms with Gasteiger partial charge in [-0.05, 0) is 61.1 Å². The van der Waals surface area contributed by atoms with E-state index >= 15 is 0 Å². The van der Waals surface area contributed by atoms with E-state index in [0.29, 0.717) is 23.4 Å². The summed E-state index contributed by atoms with van der Waals surface area (Å²) in [7, 11) is 3.61. The van der Waals surface area contributed by atoms with Crippen molar-refractivity contribution < 1.29 is 19.1 Å². The molecule has 0 radical (unpaired) electrons. The number of benzene rings is 2. The molecule has 3 aromatic rings. The molecule has 2 aromatic carbocycles. The molecule has 1 fully saturated rings. The molecular formula is C24H26N2O4. The molecule has 6 heteroatoms. The fraction of sp³-hybridized carbons (Fsp3) is 0.333. The van der Waals surface area contributed by atoms with E-state index in [0.717, 1.165) is 54.0 Å². The van der Waals surface area contributed by atoms with Crippen molar-refractivity contribution in [1.29, 1.82) is 0 Å². The lowest BCUT2D eigenvalue weighted by atomic mass is 10.0. The molecule has 1 N–H and O–H groups in total. The number of methoxy groups -OCH3 is 1. The van der Waals surface area contributed by atoms with Gasteiger partial charge in [-0.25, -0.2) is 4.79 Å². The molecule has 1 heterocycles. The minimum atomic E-state index is -0.398. The number of nitrogens with zero attached hydrogens (tertiary/aromatic N) is 1. The predicted molar refractivity (Wildman–Crippen MR) is 116 cm³/mol. The van der Waals surface area contributed by atoms with Crippen LogP contribution in [0.1, 0.15) is 47.2 Å². The molecule has 30 heavy (non-hydrogen) atoms. The number of anilines is 1. The first kappa shape index (κ1) is 20.0. The van der Waals surface area contributed by atoms with Gasteiger partial charge in [0, 0.05) is 41.8 Å². The minimum Gasteiger partial charge on any atom is -0.496 e. The van der Waals surface area contributed by atoms with Gasteiger partial charge in [0.2, 0.25) is 0 Å². The number of ether oxygens (including phenoxy) is 2. The van der Waals surface area contributed by atoms with E-state index in [2.05, 4.69) is 16.1 Å². The fourth-order valence-electron chi connectivity index (χ4n) is 4.18. The summed E-state index contributed by atoms with van der Waals surface area (Å²) in [5.41, 5.74) is 4.47. The Labute approximate surface area is 175 Å². The number of aromatic nitrogens is 1. The Morgan fingerprint density at radius 3 is 2.70 bits per heavy atom. The van der Waals surface area contributed by atoms with Crippen LogP contribution >= 0.6 is 0 Å². The molecule has 1 amide bonds. The monoisotopic (exact) mass is 406 g/mol. The summed E-state index contributed by atoms with van der Waals surface area (Å²) in [5, 5.41) is 3.92. The maximum absolute atomic E-state index is 12.2. The lowest BCUT2D eigenvalue weighted by Gasteiger charge is -2.12. The van der Waals surface area contributed by atoms with Crippen LogP contribution in [0.5, 0.6) is 5.75 Å². The van der Waals surface area contributed by atoms with Crippen LogP contribution in [0.3, 0.4) is 0 Å². The van der Waals surface area contributed by atoms with Crippen LogP contribution in [0.4, 0.5) is 10.5 Å². The molecule has 6 nitrogen and oxygen atoms in total. The topological polar surface area (TPSA) is 69.6 Å². The van der Waals surface area contributed by atoms with Gasteiger partial charge in [-0.15, -0.1) is 0 Å². The van der Waals surface area contributed by atoms with Crippen molar-refractivity contribution in [2.75, 3.05) is 12.4 Å². The lowest BCUT2D eigenvalue weighted by Crippen LogP contribution is -2.20. The zero-order chi connectivity index (χ0) is 21.1. The van der Waals surface area contributed by atoms with E-state index in [1.807, 2.05) is 31.3 Å². The third-order valence-electron chi connectivity index (χ3n) is 5.72. The quantitative estimate of drug-likeness (QED) is 0.580. The van der Waals surface area contributed by atoms with Gasteiger partial charge >= 0.3 is 6.09 Å². The first-order valence-corrected chi connectivity index (χ1v) is 10.2. The summed E-state index contributed by atoms with van der Waals surface area (Å²) < 4.78 is 13.1. The van der Waals surface area contributed by atoms with Gasteiger partial charge in [0.25, 0.3) is 0 Å². The van der Waals surface area contributed by atoms with Gasteiger partial charge < -0.3 is 14.0 Å². The van der Waals surface area contributed by atoms with Crippen LogP contribution in [0, 0.1) is 0 Å². The second kappa shape index (κ2) is 8.61. The highest BCUT2D eigenvalue weighted by Crippen LogP contribution is 2.30. The first-order chi connectivity index (χ1) is 14.6. The van der Waals surface area contributed by atoms with E-state index < -0.39 is 6.09 Å². The van der Waals surface area contributed by atoms with Gasteiger partial charge in [-0.1, -0.05) is 12.1 Å². The molecule has 0 spiro atoms. The fourth-order valence-corrected chi connectivity index (χ4v) is 4.18. The Morgan fingerprint density at radius 1 is 1.17 bits per heavy atom. The summed E-state index contributed by atoms with van der Waals surface area (Å²) in [4.78, 5) is 23.3. The minimum absolute atomic E-state index is 0.0304. The molecule has 156 valence electrons. The maximum Gasteiger partial charge on any atom is 0.411 e. The van der Waals surface area contributed by atoms with Gasteiger partial charge in [0.15, 0.2) is 0 Å². The number of carbonyl (C=O) groups is 2. The molecule has 0 unspecified atom stereocenters. The van der Waals surface area contributed by atoms with E-state index in [4.69, 9.17) is 9.47 Å². The first-order valence-electron chi connectivity index (χ1n) is 10.2. The predicted octanol–water partition coefficient (Wildman–Crippen LogP) is 5.08. The average molecular weight is 406 g/mol. The van der Waals surface area contributed by atoms with Crippen molar-refractivity contribution >= 4 is 29.0 Å². The third-order valence-corrected chi connectivity index (χ3v) is 5.72. The van der Waals surface area contributed by atoms with Gasteiger partial charge in [0.05, 0.1) is 7.11 Å². The number of carbonyl (C=O) groups excluding carboxylic acids is 2. The number of amides is 1. The Bertz CT molecular complexity index is 1080. The molecule has 0 atom stereocenters. The Morgan fingerprint density at radius 2 is 1.97 bits per heavy atom. The summed E-state index contributed by atoms with van der Waals surface area (Å²) in [6, 6.07) is 11.3. The second-order valence-electron chi connectivity index (χ2n) is 7.80. The number of rotatable bonds is 6. The van der Waals surface area contributed by atoms with E-state index in [9.17, 15) is 9.59 Å². The zero-order valence-electron chi connectivity index (χ0n) is 17.3. The van der Waals surface area contributed by atoms with Crippen LogP contribution in [-0.2, 0) is 18.2 Å². The van der Waals surface area contributed by atoms with Crippen LogP contribution in [0.25, 0.3) is 10.9 Å². The molecule has 1 aliphatic carbocycles. The van der Waals surface area contributed by atoms with Gasteiger partial charge in [0.1, 0.15) is 18.1 Å². The summed E-state index contributed by atoms with van der Waals surface area (Å²) in [5.74, 6) is 0.686. The zero-order valence-corrected chi connectivity index (χ0v) is 17.3. The van der Waals surface area contributed by atoms with E-state index in [1.165, 1.54) is 0 Å². The number of aryl methyl sites for hydroxylation is 1. The van der Waals surface area contributed by atoms with Crippen LogP contribution in [0.2, 0.25) is 0 Å². The van der Waals surface area contributed by atoms with Crippen LogP contribution in [-0.4, -0.2) is 30.2 Å². The van der Waals surface area contributed by atoms with Crippen molar-refractivity contribution in [3.05, 3.63) is 59.3 Å². The summed E-state index contributed by atoms with van der Waals surface area (Å²) in [6.45, 7) is 0. The average Bonchev–Trinajstić information content (AvgIpc) is 3.36. The van der Waals surface area contributed by atoms with Gasteiger partial charge in [-0.3, -0.25) is 10.1 Å². The molecular weight excluding hydrogens is 380 g/mol. The molecule has 4 rings (SSSR count). The molecule has 0 aliphatic heterocycles. The normalized spacial score (nSPS) is 14.1. The maximum atomic E-state index is 12.2. The van der Waals surface area contributed by atoms with E-state index in [1.54, 1.807) is 19.2 Å². The third kappa shape index (κ3) is 4.17. The van der Waals surface area contributed by atoms with Crippen molar-refractivity contribution in [2.24, 2.45) is 7.05 Å². The Kier molecular flexibility index (Phi) is 5.74. The number of hydrogen-bond acceptors (Lipinski definition) is 4. The standard InChI is InChI=1S/C24H26N2O4/c1-26-14-18(12-17-8-7-16(15-27)11-23(17)29-2)21-13-19(9-10-22(21)26)25-24(28)30-20-5-3-4-6-20/h7-11,13-15,20H,3-6,12H2,1-2H3,(H,25,28). The summed E-state index contributed by atoms with van der Waals surface area (Å²) in [6.07, 6.45) is 7.30. The number of nitrogens with one attached hydrogen (secondary N) is 1. The van der Waals surface area contributed by atoms with Crippen molar-refractivity contribution in [3.63, 3.8) is 0 Å². The molecule has 1 aromatic heterocycles. The van der Waals surface area contributed by atoms with E-state index in [-0.39, 0.29) is 6.10 Å². The smallest absolute Gasteiger partial charge is 0.411 e. The SMILES string of the molecule is COc1cc(C=O)ccc1Cc1cn(C)c2ccc(NC(=O)OC3CCCC3)cc12. The van der Waals surface area contributed by atoms with Crippen molar-refractivity contribution in [3.8, 4) is 5.75 Å². The molecule has 1 saturated carbocycles. The van der Waals surface area contributed by atoms with Crippen LogP contribution in [0.15, 0.2) is 42.6 Å². The highest BCUT2D eigenvalue weighted by atomic mass is 16.6. The van der Waals surface area contributed by atoms with Crippen LogP contribution < -0.4 is 10.1 Å². The Balaban J connectivity index is 1.58. The highest BCUT2D eigenvalue weighted by molar-refractivity contribution is 5.92. The molecule has 0 bridgehead atoms. The molecule has 1 aliphatic rings. The Hall–Kier alpha value is -3.28. The molecule has 0 saturated heterocycles. The summed E-state index contributed by atoms with van der Waals surface area (Å²) >= 11 is 0. The largest absolute Gasteiger partial charge is 0.496 e. The lowest BCUT2D eigenvalue weighted by molar-refractivity contribution is 0.112. The highest BCUT2D eigenvalue weighted by Gasteiger charge is 2.19. The number of hydrogen-bond donors (Lipinski definition) is 1.